The summed E-state index contributed by atoms with van der Waals surface area (Å²) < 4.78 is 48.6. The maximum absolute atomic E-state index is 14.2. The van der Waals surface area contributed by atoms with Crippen LogP contribution in [0.5, 0.6) is 5.88 Å². The SMILES string of the molecule is Cn1c(CN2CCC(c3cccc(OCc4ccc(Cl)cc4F)n3)CC2)nc2cc(C(=O)Nc3ccc4n[nH]c(C(F)F)c4c3)ccc21. The molecule has 2 N–H and O–H groups in total. The van der Waals surface area contributed by atoms with Gasteiger partial charge in [0.15, 0.2) is 0 Å². The van der Waals surface area contributed by atoms with Crippen molar-refractivity contribution >= 4 is 45.1 Å². The highest BCUT2D eigenvalue weighted by Crippen LogP contribution is 2.30. The Bertz CT molecular complexity index is 2120. The van der Waals surface area contributed by atoms with E-state index in [2.05, 4.69) is 20.4 Å². The van der Waals surface area contributed by atoms with E-state index in [9.17, 15) is 18.0 Å². The zero-order valence-corrected chi connectivity index (χ0v) is 26.6. The number of H-pyrrole nitrogens is 1. The standard InChI is InChI=1S/C35H31ClF3N7O2/c1-45-30-10-6-21(35(47)40-24-8-9-28-25(17-24)33(34(38)39)44-43-28)15-29(30)41-31(45)18-46-13-11-20(12-14-46)27-3-2-4-32(42-27)48-19-22-5-7-23(36)16-26(22)37/h2-10,15-17,20,34H,11-14,18-19H2,1H3,(H,40,47)(H,43,44). The third-order valence-electron chi connectivity index (χ3n) is 8.80. The van der Waals surface area contributed by atoms with Crippen molar-refractivity contribution in [1.29, 1.82) is 0 Å². The molecule has 9 nitrogen and oxygen atoms in total. The lowest BCUT2D eigenvalue weighted by Crippen LogP contribution is -2.33. The molecule has 6 aromatic rings. The highest BCUT2D eigenvalue weighted by atomic mass is 35.5. The number of nitrogens with one attached hydrogen (secondary N) is 2. The Morgan fingerprint density at radius 1 is 1.04 bits per heavy atom. The number of nitrogens with zero attached hydrogens (tertiary/aromatic N) is 5. The lowest BCUT2D eigenvalue weighted by atomic mass is 9.93. The van der Waals surface area contributed by atoms with Gasteiger partial charge in [-0.3, -0.25) is 14.8 Å². The lowest BCUT2D eigenvalue weighted by molar-refractivity contribution is 0.102. The molecular formula is C35H31ClF3N7O2. The number of likely N-dealkylation sites (tertiary alicyclic amines) is 1. The summed E-state index contributed by atoms with van der Waals surface area (Å²) in [7, 11) is 1.96. The molecule has 3 aromatic carbocycles. The van der Waals surface area contributed by atoms with Crippen molar-refractivity contribution in [2.75, 3.05) is 18.4 Å². The number of aromatic amines is 1. The molecule has 246 valence electrons. The predicted molar refractivity (Wildman–Crippen MR) is 177 cm³/mol. The Kier molecular flexibility index (Phi) is 8.76. The second-order valence-corrected chi connectivity index (χ2v) is 12.3. The van der Waals surface area contributed by atoms with Crippen molar-refractivity contribution in [1.82, 2.24) is 29.6 Å². The minimum absolute atomic E-state index is 0.0642. The Labute approximate surface area is 278 Å². The lowest BCUT2D eigenvalue weighted by Gasteiger charge is -2.31. The second kappa shape index (κ2) is 13.3. The largest absolute Gasteiger partial charge is 0.473 e. The van der Waals surface area contributed by atoms with Crippen LogP contribution in [-0.4, -0.2) is 48.6 Å². The first-order valence-electron chi connectivity index (χ1n) is 15.5. The van der Waals surface area contributed by atoms with E-state index in [1.165, 1.54) is 12.1 Å². The summed E-state index contributed by atoms with van der Waals surface area (Å²) in [5.74, 6) is 0.833. The molecule has 0 unspecified atom stereocenters. The molecule has 1 amide bonds. The zero-order chi connectivity index (χ0) is 33.4. The number of aryl methyl sites for hydroxylation is 1. The van der Waals surface area contributed by atoms with Crippen molar-refractivity contribution in [3.63, 3.8) is 0 Å². The summed E-state index contributed by atoms with van der Waals surface area (Å²) in [6.45, 7) is 2.44. The van der Waals surface area contributed by atoms with Gasteiger partial charge in [-0.25, -0.2) is 23.1 Å². The molecular weight excluding hydrogens is 643 g/mol. The molecule has 48 heavy (non-hydrogen) atoms. The van der Waals surface area contributed by atoms with Gasteiger partial charge in [0, 0.05) is 51.9 Å². The number of amides is 1. The number of benzene rings is 3. The first-order chi connectivity index (χ1) is 23.2. The summed E-state index contributed by atoms with van der Waals surface area (Å²) >= 11 is 5.85. The Morgan fingerprint density at radius 2 is 1.88 bits per heavy atom. The number of hydrogen-bond acceptors (Lipinski definition) is 6. The molecule has 7 rings (SSSR count). The van der Waals surface area contributed by atoms with Crippen LogP contribution in [0, 0.1) is 5.82 Å². The first kappa shape index (κ1) is 31.6. The number of imidazole rings is 1. The molecule has 1 aliphatic heterocycles. The summed E-state index contributed by atoms with van der Waals surface area (Å²) in [6.07, 6.45) is -0.872. The van der Waals surface area contributed by atoms with E-state index in [4.69, 9.17) is 26.3 Å². The number of aromatic nitrogens is 5. The third-order valence-corrected chi connectivity index (χ3v) is 9.04. The Morgan fingerprint density at radius 3 is 2.67 bits per heavy atom. The molecule has 0 radical (unpaired) electrons. The predicted octanol–water partition coefficient (Wildman–Crippen LogP) is 7.79. The van der Waals surface area contributed by atoms with E-state index in [0.29, 0.717) is 45.3 Å². The number of ether oxygens (including phenoxy) is 1. The molecule has 0 aliphatic carbocycles. The molecule has 1 aliphatic rings. The Hall–Kier alpha value is -4.94. The van der Waals surface area contributed by atoms with Crippen molar-refractivity contribution in [3.8, 4) is 5.88 Å². The van der Waals surface area contributed by atoms with Crippen LogP contribution in [0.2, 0.25) is 5.02 Å². The van der Waals surface area contributed by atoms with E-state index in [1.807, 2.05) is 29.8 Å². The number of carbonyl (C=O) groups is 1. The monoisotopic (exact) mass is 673 g/mol. The number of rotatable bonds is 9. The van der Waals surface area contributed by atoms with Gasteiger partial charge in [-0.15, -0.1) is 0 Å². The second-order valence-electron chi connectivity index (χ2n) is 11.9. The van der Waals surface area contributed by atoms with Crippen LogP contribution in [-0.2, 0) is 20.2 Å². The van der Waals surface area contributed by atoms with Crippen LogP contribution >= 0.6 is 11.6 Å². The molecule has 1 saturated heterocycles. The van der Waals surface area contributed by atoms with E-state index in [1.54, 1.807) is 42.5 Å². The summed E-state index contributed by atoms with van der Waals surface area (Å²) in [5.41, 5.74) is 3.88. The zero-order valence-electron chi connectivity index (χ0n) is 25.9. The van der Waals surface area contributed by atoms with E-state index in [0.717, 1.165) is 43.0 Å². The fraction of sp³-hybridized carbons (Fsp3) is 0.257. The normalized spacial score (nSPS) is 14.3. The first-order valence-corrected chi connectivity index (χ1v) is 15.9. The third kappa shape index (κ3) is 6.58. The molecule has 3 aromatic heterocycles. The average Bonchev–Trinajstić information content (AvgIpc) is 3.65. The van der Waals surface area contributed by atoms with E-state index < -0.39 is 12.2 Å². The maximum Gasteiger partial charge on any atom is 0.280 e. The van der Waals surface area contributed by atoms with Gasteiger partial charge in [0.05, 0.1) is 23.1 Å². The molecule has 13 heteroatoms. The molecule has 0 spiro atoms. The molecule has 4 heterocycles. The molecule has 0 atom stereocenters. The van der Waals surface area contributed by atoms with E-state index in [-0.39, 0.29) is 29.5 Å². The smallest absolute Gasteiger partial charge is 0.280 e. The fourth-order valence-corrected chi connectivity index (χ4v) is 6.28. The number of fused-ring (bicyclic) bond motifs is 2. The molecule has 0 bridgehead atoms. The summed E-state index contributed by atoms with van der Waals surface area (Å²) in [5, 5.41) is 9.65. The van der Waals surface area contributed by atoms with Crippen LogP contribution in [0.3, 0.4) is 0 Å². The van der Waals surface area contributed by atoms with Crippen molar-refractivity contribution in [3.05, 3.63) is 112 Å². The van der Waals surface area contributed by atoms with Crippen LogP contribution in [0.15, 0.2) is 72.8 Å². The van der Waals surface area contributed by atoms with Gasteiger partial charge < -0.3 is 14.6 Å². The van der Waals surface area contributed by atoms with Crippen LogP contribution in [0.1, 0.15) is 58.3 Å². The van der Waals surface area contributed by atoms with Crippen molar-refractivity contribution < 1.29 is 22.7 Å². The van der Waals surface area contributed by atoms with Crippen LogP contribution in [0.25, 0.3) is 21.9 Å². The van der Waals surface area contributed by atoms with Gasteiger partial charge >= 0.3 is 0 Å². The van der Waals surface area contributed by atoms with Gasteiger partial charge in [0.1, 0.15) is 23.9 Å². The molecule has 1 fully saturated rings. The minimum atomic E-state index is -2.71. The average molecular weight is 674 g/mol. The topological polar surface area (TPSA) is 101 Å². The van der Waals surface area contributed by atoms with Gasteiger partial charge in [-0.2, -0.15) is 5.10 Å². The number of hydrogen-bond donors (Lipinski definition) is 2. The maximum atomic E-state index is 14.2. The highest BCUT2D eigenvalue weighted by Gasteiger charge is 2.24. The Balaban J connectivity index is 0.969. The number of carbonyl (C=O) groups excluding carboxylic acids is 1. The summed E-state index contributed by atoms with van der Waals surface area (Å²) in [6, 6.07) is 20.2. The fourth-order valence-electron chi connectivity index (χ4n) is 6.13. The number of pyridine rings is 1. The van der Waals surface area contributed by atoms with Crippen molar-refractivity contribution in [2.45, 2.75) is 38.3 Å². The number of halogens is 4. The quantitative estimate of drug-likeness (QED) is 0.163. The van der Waals surface area contributed by atoms with Crippen LogP contribution in [0.4, 0.5) is 18.9 Å². The number of anilines is 1. The van der Waals surface area contributed by atoms with Gasteiger partial charge in [-0.05, 0) is 80.5 Å². The summed E-state index contributed by atoms with van der Waals surface area (Å²) in [4.78, 5) is 25.0. The van der Waals surface area contributed by atoms with Crippen molar-refractivity contribution in [2.24, 2.45) is 7.05 Å². The number of alkyl halides is 2. The van der Waals surface area contributed by atoms with Gasteiger partial charge in [0.2, 0.25) is 5.88 Å². The molecule has 0 saturated carbocycles. The van der Waals surface area contributed by atoms with Crippen LogP contribution < -0.4 is 10.1 Å². The van der Waals surface area contributed by atoms with Gasteiger partial charge in [0.25, 0.3) is 12.3 Å². The van der Waals surface area contributed by atoms with Gasteiger partial charge in [-0.1, -0.05) is 23.7 Å². The number of piperidine rings is 1. The van der Waals surface area contributed by atoms with E-state index >= 15 is 0 Å². The highest BCUT2D eigenvalue weighted by molar-refractivity contribution is 6.30. The minimum Gasteiger partial charge on any atom is -0.473 e.